The van der Waals surface area contributed by atoms with E-state index >= 15 is 0 Å². The zero-order chi connectivity index (χ0) is 15.1. The quantitative estimate of drug-likeness (QED) is 0.841. The molecular formula is C17H27N3O. The zero-order valence-electron chi connectivity index (χ0n) is 13.2. The molecule has 0 unspecified atom stereocenters. The monoisotopic (exact) mass is 289 g/mol. The van der Waals surface area contributed by atoms with Gasteiger partial charge < -0.3 is 10.6 Å². The van der Waals surface area contributed by atoms with Gasteiger partial charge in [0, 0.05) is 12.6 Å². The van der Waals surface area contributed by atoms with Crippen LogP contribution in [0.1, 0.15) is 62.9 Å². The largest absolute Gasteiger partial charge is 0.384 e. The standard InChI is InChI=1S/C17H27N3O/c1-3-11-18-15-9-10-16(19-12-15)17(21)20-14-7-5-13(4-2)6-8-14/h9-10,12-14,18H,3-8,11H2,1-2H3,(H,20,21). The molecule has 2 N–H and O–H groups in total. The van der Waals surface area contributed by atoms with E-state index in [-0.39, 0.29) is 5.91 Å². The highest BCUT2D eigenvalue weighted by atomic mass is 16.1. The van der Waals surface area contributed by atoms with Crippen LogP contribution in [0.4, 0.5) is 5.69 Å². The minimum Gasteiger partial charge on any atom is -0.384 e. The van der Waals surface area contributed by atoms with Gasteiger partial charge in [-0.3, -0.25) is 4.79 Å². The first-order valence-corrected chi connectivity index (χ1v) is 8.23. The maximum Gasteiger partial charge on any atom is 0.270 e. The third-order valence-corrected chi connectivity index (χ3v) is 4.33. The molecule has 1 heterocycles. The van der Waals surface area contributed by atoms with Crippen LogP contribution in [0.5, 0.6) is 0 Å². The second kappa shape index (κ2) is 8.01. The van der Waals surface area contributed by atoms with Gasteiger partial charge in [0.15, 0.2) is 0 Å². The molecule has 1 saturated carbocycles. The maximum atomic E-state index is 12.2. The number of rotatable bonds is 6. The summed E-state index contributed by atoms with van der Waals surface area (Å²) in [5.74, 6) is 0.803. The van der Waals surface area contributed by atoms with E-state index in [2.05, 4.69) is 29.5 Å². The molecule has 1 aromatic rings. The Morgan fingerprint density at radius 3 is 2.57 bits per heavy atom. The van der Waals surface area contributed by atoms with E-state index in [0.717, 1.165) is 37.4 Å². The molecule has 0 aromatic carbocycles. The Hall–Kier alpha value is -1.58. The van der Waals surface area contributed by atoms with Crippen molar-refractivity contribution in [1.82, 2.24) is 10.3 Å². The van der Waals surface area contributed by atoms with Crippen LogP contribution >= 0.6 is 0 Å². The summed E-state index contributed by atoms with van der Waals surface area (Å²) in [5, 5.41) is 6.38. The van der Waals surface area contributed by atoms with E-state index in [0.29, 0.717) is 11.7 Å². The Balaban J connectivity index is 1.83. The molecule has 0 spiro atoms. The SMILES string of the molecule is CCCNc1ccc(C(=O)NC2CCC(CC)CC2)nc1. The van der Waals surface area contributed by atoms with Gasteiger partial charge in [0.1, 0.15) is 5.69 Å². The number of nitrogens with one attached hydrogen (secondary N) is 2. The van der Waals surface area contributed by atoms with Crippen molar-refractivity contribution >= 4 is 11.6 Å². The minimum atomic E-state index is -0.0445. The lowest BCUT2D eigenvalue weighted by atomic mass is 9.84. The summed E-state index contributed by atoms with van der Waals surface area (Å²) in [6, 6.07) is 4.04. The van der Waals surface area contributed by atoms with E-state index in [1.54, 1.807) is 12.3 Å². The highest BCUT2D eigenvalue weighted by Crippen LogP contribution is 2.26. The van der Waals surface area contributed by atoms with Crippen molar-refractivity contribution in [3.05, 3.63) is 24.0 Å². The smallest absolute Gasteiger partial charge is 0.270 e. The fraction of sp³-hybridized carbons (Fsp3) is 0.647. The minimum absolute atomic E-state index is 0.0445. The number of nitrogens with zero attached hydrogens (tertiary/aromatic N) is 1. The fourth-order valence-corrected chi connectivity index (χ4v) is 2.88. The molecule has 2 rings (SSSR count). The summed E-state index contributed by atoms with van der Waals surface area (Å²) < 4.78 is 0. The number of hydrogen-bond donors (Lipinski definition) is 2. The van der Waals surface area contributed by atoms with Gasteiger partial charge in [-0.25, -0.2) is 4.98 Å². The van der Waals surface area contributed by atoms with Crippen molar-refractivity contribution in [2.24, 2.45) is 5.92 Å². The van der Waals surface area contributed by atoms with E-state index in [1.165, 1.54) is 19.3 Å². The second-order valence-corrected chi connectivity index (χ2v) is 5.96. The van der Waals surface area contributed by atoms with Crippen molar-refractivity contribution < 1.29 is 4.79 Å². The van der Waals surface area contributed by atoms with E-state index in [1.807, 2.05) is 6.07 Å². The first kappa shape index (κ1) is 15.8. The molecule has 0 aliphatic heterocycles. The van der Waals surface area contributed by atoms with Crippen LogP contribution in [0.3, 0.4) is 0 Å². The molecule has 1 amide bonds. The van der Waals surface area contributed by atoms with Crippen molar-refractivity contribution in [2.45, 2.75) is 58.4 Å². The molecule has 0 bridgehead atoms. The molecule has 4 heteroatoms. The Bertz CT molecular complexity index is 436. The summed E-state index contributed by atoms with van der Waals surface area (Å²) in [6.45, 7) is 5.30. The zero-order valence-corrected chi connectivity index (χ0v) is 13.2. The highest BCUT2D eigenvalue weighted by Gasteiger charge is 2.21. The molecule has 0 saturated heterocycles. The third kappa shape index (κ3) is 4.73. The van der Waals surface area contributed by atoms with Gasteiger partial charge >= 0.3 is 0 Å². The van der Waals surface area contributed by atoms with Crippen LogP contribution < -0.4 is 10.6 Å². The van der Waals surface area contributed by atoms with Crippen LogP contribution in [0, 0.1) is 5.92 Å². The first-order valence-electron chi connectivity index (χ1n) is 8.23. The van der Waals surface area contributed by atoms with Gasteiger partial charge in [0.2, 0.25) is 0 Å². The molecule has 1 aliphatic carbocycles. The molecule has 1 fully saturated rings. The fourth-order valence-electron chi connectivity index (χ4n) is 2.88. The van der Waals surface area contributed by atoms with Gasteiger partial charge in [-0.15, -0.1) is 0 Å². The topological polar surface area (TPSA) is 54.0 Å². The normalized spacial score (nSPS) is 21.8. The molecule has 1 aliphatic rings. The van der Waals surface area contributed by atoms with Crippen LogP contribution in [-0.2, 0) is 0 Å². The number of carbonyl (C=O) groups is 1. The summed E-state index contributed by atoms with van der Waals surface area (Å²) in [7, 11) is 0. The molecule has 21 heavy (non-hydrogen) atoms. The van der Waals surface area contributed by atoms with Gasteiger partial charge in [-0.2, -0.15) is 0 Å². The molecule has 1 aromatic heterocycles. The Labute approximate surface area is 127 Å². The van der Waals surface area contributed by atoms with E-state index in [4.69, 9.17) is 0 Å². The average molecular weight is 289 g/mol. The van der Waals surface area contributed by atoms with Crippen molar-refractivity contribution in [3.63, 3.8) is 0 Å². The third-order valence-electron chi connectivity index (χ3n) is 4.33. The Morgan fingerprint density at radius 2 is 2.00 bits per heavy atom. The van der Waals surface area contributed by atoms with E-state index < -0.39 is 0 Å². The number of amides is 1. The predicted molar refractivity (Wildman–Crippen MR) is 86.5 cm³/mol. The van der Waals surface area contributed by atoms with Crippen LogP contribution in [0.2, 0.25) is 0 Å². The summed E-state index contributed by atoms with van der Waals surface area (Å²) in [5.41, 5.74) is 1.48. The molecular weight excluding hydrogens is 262 g/mol. The number of hydrogen-bond acceptors (Lipinski definition) is 3. The number of carbonyl (C=O) groups excluding carboxylic acids is 1. The lowest BCUT2D eigenvalue weighted by Gasteiger charge is -2.28. The van der Waals surface area contributed by atoms with Gasteiger partial charge in [0.25, 0.3) is 5.91 Å². The van der Waals surface area contributed by atoms with Crippen LogP contribution in [0.15, 0.2) is 18.3 Å². The van der Waals surface area contributed by atoms with Gasteiger partial charge in [-0.1, -0.05) is 20.3 Å². The number of anilines is 1. The first-order chi connectivity index (χ1) is 10.2. The van der Waals surface area contributed by atoms with Gasteiger partial charge in [0.05, 0.1) is 11.9 Å². The molecule has 0 radical (unpaired) electrons. The average Bonchev–Trinajstić information content (AvgIpc) is 2.54. The Morgan fingerprint density at radius 1 is 1.24 bits per heavy atom. The lowest BCUT2D eigenvalue weighted by Crippen LogP contribution is -2.37. The van der Waals surface area contributed by atoms with Crippen LogP contribution in [0.25, 0.3) is 0 Å². The second-order valence-electron chi connectivity index (χ2n) is 5.96. The highest BCUT2D eigenvalue weighted by molar-refractivity contribution is 5.92. The summed E-state index contributed by atoms with van der Waals surface area (Å²) in [4.78, 5) is 16.4. The maximum absolute atomic E-state index is 12.2. The molecule has 116 valence electrons. The Kier molecular flexibility index (Phi) is 6.03. The summed E-state index contributed by atoms with van der Waals surface area (Å²) >= 11 is 0. The number of aromatic nitrogens is 1. The van der Waals surface area contributed by atoms with Crippen molar-refractivity contribution in [3.8, 4) is 0 Å². The number of pyridine rings is 1. The van der Waals surface area contributed by atoms with Gasteiger partial charge in [-0.05, 0) is 50.2 Å². The molecule has 0 atom stereocenters. The van der Waals surface area contributed by atoms with Crippen molar-refractivity contribution in [2.75, 3.05) is 11.9 Å². The van der Waals surface area contributed by atoms with Crippen LogP contribution in [-0.4, -0.2) is 23.5 Å². The van der Waals surface area contributed by atoms with E-state index in [9.17, 15) is 4.79 Å². The molecule has 4 nitrogen and oxygen atoms in total. The lowest BCUT2D eigenvalue weighted by molar-refractivity contribution is 0.0916. The summed E-state index contributed by atoms with van der Waals surface area (Å²) in [6.07, 6.45) is 8.72. The predicted octanol–water partition coefficient (Wildman–Crippen LogP) is 3.60. The van der Waals surface area contributed by atoms with Crippen molar-refractivity contribution in [1.29, 1.82) is 0 Å².